The van der Waals surface area contributed by atoms with Gasteiger partial charge in [-0.05, 0) is 30.5 Å². The molecule has 0 bridgehead atoms. The standard InChI is InChI=1S/C23H24N4O3/c28-19-15-27(16-23(11-5-6-12-23)17-8-2-1-3-9-17)26-20(21(19)29)22(30)25-14-18-10-4-7-13-24-18/h1-4,7-10,13,15,28H,5-6,11-12,14,16H2,(H,25,30). The summed E-state index contributed by atoms with van der Waals surface area (Å²) >= 11 is 0. The lowest BCUT2D eigenvalue weighted by molar-refractivity contribution is 0.0940. The van der Waals surface area contributed by atoms with Crippen molar-refractivity contribution in [3.8, 4) is 5.75 Å². The Labute approximate surface area is 174 Å². The average Bonchev–Trinajstić information content (AvgIpc) is 3.25. The second kappa shape index (κ2) is 8.49. The Hall–Kier alpha value is -3.48. The third-order valence-electron chi connectivity index (χ3n) is 5.73. The molecule has 7 heteroatoms. The number of rotatable bonds is 6. The summed E-state index contributed by atoms with van der Waals surface area (Å²) in [5.41, 5.74) is 0.665. The number of nitrogens with one attached hydrogen (secondary N) is 1. The van der Waals surface area contributed by atoms with Crippen LogP contribution in [0, 0.1) is 0 Å². The van der Waals surface area contributed by atoms with Gasteiger partial charge in [0.1, 0.15) is 0 Å². The first-order valence-corrected chi connectivity index (χ1v) is 10.1. The van der Waals surface area contributed by atoms with Crippen LogP contribution in [-0.2, 0) is 18.5 Å². The Balaban J connectivity index is 1.59. The monoisotopic (exact) mass is 404 g/mol. The second-order valence-corrected chi connectivity index (χ2v) is 7.75. The molecule has 0 radical (unpaired) electrons. The van der Waals surface area contributed by atoms with Crippen molar-refractivity contribution < 1.29 is 9.90 Å². The van der Waals surface area contributed by atoms with Crippen molar-refractivity contribution in [3.63, 3.8) is 0 Å². The molecule has 1 aliphatic rings. The SMILES string of the molecule is O=C(NCc1ccccn1)c1nn(CC2(c3ccccc3)CCCC2)cc(O)c1=O. The van der Waals surface area contributed by atoms with Crippen LogP contribution in [-0.4, -0.2) is 25.8 Å². The van der Waals surface area contributed by atoms with Gasteiger partial charge in [-0.25, -0.2) is 0 Å². The van der Waals surface area contributed by atoms with Crippen LogP contribution in [0.1, 0.15) is 47.4 Å². The van der Waals surface area contributed by atoms with Gasteiger partial charge in [-0.1, -0.05) is 49.2 Å². The van der Waals surface area contributed by atoms with E-state index in [2.05, 4.69) is 27.5 Å². The molecule has 7 nitrogen and oxygen atoms in total. The lowest BCUT2D eigenvalue weighted by Crippen LogP contribution is -2.34. The quantitative estimate of drug-likeness (QED) is 0.658. The average molecular weight is 404 g/mol. The van der Waals surface area contributed by atoms with Gasteiger partial charge >= 0.3 is 0 Å². The minimum Gasteiger partial charge on any atom is -0.503 e. The molecule has 154 valence electrons. The molecule has 1 fully saturated rings. The van der Waals surface area contributed by atoms with Gasteiger partial charge in [-0.15, -0.1) is 0 Å². The van der Waals surface area contributed by atoms with Gasteiger partial charge in [0, 0.05) is 11.6 Å². The topological polar surface area (TPSA) is 97.1 Å². The maximum atomic E-state index is 12.6. The van der Waals surface area contributed by atoms with E-state index in [-0.39, 0.29) is 17.7 Å². The predicted molar refractivity (Wildman–Crippen MR) is 112 cm³/mol. The lowest BCUT2D eigenvalue weighted by Gasteiger charge is -2.30. The van der Waals surface area contributed by atoms with Gasteiger partial charge in [-0.3, -0.25) is 19.3 Å². The van der Waals surface area contributed by atoms with E-state index in [0.717, 1.165) is 25.7 Å². The summed E-state index contributed by atoms with van der Waals surface area (Å²) < 4.78 is 1.53. The third kappa shape index (κ3) is 4.10. The fraction of sp³-hybridized carbons (Fsp3) is 0.304. The number of pyridine rings is 1. The molecule has 1 saturated carbocycles. The highest BCUT2D eigenvalue weighted by Crippen LogP contribution is 2.42. The number of amides is 1. The Kier molecular flexibility index (Phi) is 5.61. The number of carbonyl (C=O) groups excluding carboxylic acids is 1. The molecule has 4 rings (SSSR count). The Morgan fingerprint density at radius 3 is 2.53 bits per heavy atom. The zero-order valence-electron chi connectivity index (χ0n) is 16.6. The molecule has 3 aromatic rings. The first-order chi connectivity index (χ1) is 14.6. The van der Waals surface area contributed by atoms with E-state index in [4.69, 9.17) is 0 Å². The van der Waals surface area contributed by atoms with Gasteiger partial charge in [0.05, 0.1) is 25.0 Å². The van der Waals surface area contributed by atoms with Crippen LogP contribution < -0.4 is 10.7 Å². The molecule has 0 atom stereocenters. The third-order valence-corrected chi connectivity index (χ3v) is 5.73. The molecule has 30 heavy (non-hydrogen) atoms. The van der Waals surface area contributed by atoms with E-state index in [1.807, 2.05) is 24.3 Å². The smallest absolute Gasteiger partial charge is 0.276 e. The number of aromatic hydroxyl groups is 1. The van der Waals surface area contributed by atoms with Crippen molar-refractivity contribution in [1.29, 1.82) is 0 Å². The molecule has 0 saturated heterocycles. The highest BCUT2D eigenvalue weighted by molar-refractivity contribution is 5.92. The van der Waals surface area contributed by atoms with Crippen LogP contribution in [0.25, 0.3) is 0 Å². The summed E-state index contributed by atoms with van der Waals surface area (Å²) in [6.07, 6.45) is 7.16. The lowest BCUT2D eigenvalue weighted by atomic mass is 9.79. The Morgan fingerprint density at radius 2 is 1.83 bits per heavy atom. The normalized spacial score (nSPS) is 15.1. The molecular formula is C23H24N4O3. The maximum absolute atomic E-state index is 12.6. The predicted octanol–water partition coefficient (Wildman–Crippen LogP) is 2.79. The molecule has 1 aromatic carbocycles. The summed E-state index contributed by atoms with van der Waals surface area (Å²) in [6, 6.07) is 15.6. The van der Waals surface area contributed by atoms with Gasteiger partial charge in [0.2, 0.25) is 0 Å². The summed E-state index contributed by atoms with van der Waals surface area (Å²) in [7, 11) is 0. The number of carbonyl (C=O) groups is 1. The van der Waals surface area contributed by atoms with Crippen LogP contribution in [0.3, 0.4) is 0 Å². The number of benzene rings is 1. The first-order valence-electron chi connectivity index (χ1n) is 10.1. The highest BCUT2D eigenvalue weighted by atomic mass is 16.3. The molecule has 1 aliphatic carbocycles. The van der Waals surface area contributed by atoms with Crippen LogP contribution in [0.15, 0.2) is 65.7 Å². The number of hydrogen-bond acceptors (Lipinski definition) is 5. The number of aromatic nitrogens is 3. The zero-order chi connectivity index (χ0) is 21.0. The Morgan fingerprint density at radius 1 is 1.10 bits per heavy atom. The largest absolute Gasteiger partial charge is 0.503 e. The van der Waals surface area contributed by atoms with Crippen molar-refractivity contribution in [1.82, 2.24) is 20.1 Å². The molecule has 2 aromatic heterocycles. The van der Waals surface area contributed by atoms with Crippen molar-refractivity contribution >= 4 is 5.91 Å². The van der Waals surface area contributed by atoms with E-state index in [0.29, 0.717) is 12.2 Å². The van der Waals surface area contributed by atoms with Crippen molar-refractivity contribution in [3.05, 3.63) is 88.1 Å². The summed E-state index contributed by atoms with van der Waals surface area (Å²) in [5, 5.41) is 17.1. The van der Waals surface area contributed by atoms with E-state index in [9.17, 15) is 14.7 Å². The van der Waals surface area contributed by atoms with Crippen molar-refractivity contribution in [2.45, 2.75) is 44.2 Å². The molecular weight excluding hydrogens is 380 g/mol. The fourth-order valence-electron chi connectivity index (χ4n) is 4.20. The molecule has 0 aliphatic heterocycles. The van der Waals surface area contributed by atoms with Crippen molar-refractivity contribution in [2.24, 2.45) is 0 Å². The second-order valence-electron chi connectivity index (χ2n) is 7.75. The van der Waals surface area contributed by atoms with Crippen LogP contribution in [0.4, 0.5) is 0 Å². The number of nitrogens with zero attached hydrogens (tertiary/aromatic N) is 3. The van der Waals surface area contributed by atoms with Gasteiger partial charge in [0.25, 0.3) is 11.3 Å². The van der Waals surface area contributed by atoms with Gasteiger partial charge in [0.15, 0.2) is 11.4 Å². The van der Waals surface area contributed by atoms with Gasteiger partial charge in [-0.2, -0.15) is 5.10 Å². The van der Waals surface area contributed by atoms with E-state index >= 15 is 0 Å². The summed E-state index contributed by atoms with van der Waals surface area (Å²) in [6.45, 7) is 0.662. The van der Waals surface area contributed by atoms with E-state index in [1.54, 1.807) is 18.3 Å². The molecule has 1 amide bonds. The first kappa shape index (κ1) is 19.8. The van der Waals surface area contributed by atoms with E-state index in [1.165, 1.54) is 16.4 Å². The fourth-order valence-corrected chi connectivity index (χ4v) is 4.20. The summed E-state index contributed by atoms with van der Waals surface area (Å²) in [4.78, 5) is 29.1. The highest BCUT2D eigenvalue weighted by Gasteiger charge is 2.36. The maximum Gasteiger partial charge on any atom is 0.276 e. The minimum atomic E-state index is -0.773. The molecule has 2 heterocycles. The molecule has 0 spiro atoms. The molecule has 0 unspecified atom stereocenters. The van der Waals surface area contributed by atoms with Crippen LogP contribution in [0.2, 0.25) is 0 Å². The van der Waals surface area contributed by atoms with Crippen LogP contribution in [0.5, 0.6) is 5.75 Å². The summed E-state index contributed by atoms with van der Waals surface area (Å²) in [5.74, 6) is -1.11. The van der Waals surface area contributed by atoms with Crippen LogP contribution >= 0.6 is 0 Å². The van der Waals surface area contributed by atoms with Gasteiger partial charge < -0.3 is 10.4 Å². The Bertz CT molecular complexity index is 1070. The van der Waals surface area contributed by atoms with E-state index < -0.39 is 17.1 Å². The molecule has 2 N–H and O–H groups in total. The van der Waals surface area contributed by atoms with Crippen molar-refractivity contribution in [2.75, 3.05) is 0 Å². The zero-order valence-corrected chi connectivity index (χ0v) is 16.6. The minimum absolute atomic E-state index is 0.128. The number of hydrogen-bond donors (Lipinski definition) is 2.